The van der Waals surface area contributed by atoms with Gasteiger partial charge in [-0.1, -0.05) is 31.4 Å². The lowest BCUT2D eigenvalue weighted by Crippen LogP contribution is -2.43. The van der Waals surface area contributed by atoms with E-state index in [-0.39, 0.29) is 23.8 Å². The lowest BCUT2D eigenvalue weighted by atomic mass is 9.94. The summed E-state index contributed by atoms with van der Waals surface area (Å²) in [6.07, 6.45) is 7.21. The second-order valence-corrected chi connectivity index (χ2v) is 7.95. The van der Waals surface area contributed by atoms with Gasteiger partial charge in [-0.25, -0.2) is 0 Å². The molecule has 0 atom stereocenters. The van der Waals surface area contributed by atoms with E-state index in [0.717, 1.165) is 57.2 Å². The summed E-state index contributed by atoms with van der Waals surface area (Å²) in [5, 5.41) is 2.74. The van der Waals surface area contributed by atoms with Gasteiger partial charge in [0, 0.05) is 31.7 Å². The molecular formula is C22H27N3O3. The van der Waals surface area contributed by atoms with E-state index in [9.17, 15) is 14.4 Å². The zero-order valence-electron chi connectivity index (χ0n) is 16.4. The number of carbonyl (C=O) groups is 3. The summed E-state index contributed by atoms with van der Waals surface area (Å²) in [7, 11) is 0. The zero-order valence-corrected chi connectivity index (χ0v) is 16.4. The second kappa shape index (κ2) is 7.78. The topological polar surface area (TPSA) is 69.7 Å². The molecule has 1 N–H and O–H groups in total. The van der Waals surface area contributed by atoms with Crippen molar-refractivity contribution < 1.29 is 14.4 Å². The molecule has 6 nitrogen and oxygen atoms in total. The largest absolute Gasteiger partial charge is 0.366 e. The lowest BCUT2D eigenvalue weighted by Gasteiger charge is -2.30. The first-order chi connectivity index (χ1) is 13.6. The first kappa shape index (κ1) is 18.7. The Morgan fingerprint density at radius 3 is 2.18 bits per heavy atom. The third-order valence-corrected chi connectivity index (χ3v) is 5.95. The number of amides is 3. The maximum atomic E-state index is 13.4. The molecule has 2 aliphatic heterocycles. The van der Waals surface area contributed by atoms with Gasteiger partial charge in [0.1, 0.15) is 5.70 Å². The Morgan fingerprint density at radius 2 is 1.57 bits per heavy atom. The maximum Gasteiger partial charge on any atom is 0.278 e. The van der Waals surface area contributed by atoms with Crippen molar-refractivity contribution in [3.8, 4) is 0 Å². The molecule has 1 saturated heterocycles. The first-order valence-corrected chi connectivity index (χ1v) is 10.3. The number of nitrogens with one attached hydrogen (secondary N) is 1. The van der Waals surface area contributed by atoms with Crippen molar-refractivity contribution >= 4 is 29.0 Å². The van der Waals surface area contributed by atoms with E-state index in [1.807, 2.05) is 12.1 Å². The Labute approximate surface area is 165 Å². The number of benzene rings is 1. The molecule has 148 valence electrons. The van der Waals surface area contributed by atoms with E-state index in [1.165, 1.54) is 18.2 Å². The molecule has 1 aromatic rings. The van der Waals surface area contributed by atoms with Crippen LogP contribution in [-0.4, -0.2) is 46.7 Å². The van der Waals surface area contributed by atoms with E-state index in [2.05, 4.69) is 10.2 Å². The Balaban J connectivity index is 1.70. The Kier molecular flexibility index (Phi) is 5.20. The summed E-state index contributed by atoms with van der Waals surface area (Å²) >= 11 is 0. The number of hydrogen-bond acceptors (Lipinski definition) is 4. The molecule has 6 heteroatoms. The average Bonchev–Trinajstić information content (AvgIpc) is 3.29. The fourth-order valence-corrected chi connectivity index (χ4v) is 4.62. The minimum Gasteiger partial charge on any atom is -0.366 e. The Hall–Kier alpha value is -2.63. The summed E-state index contributed by atoms with van der Waals surface area (Å²) in [6.45, 7) is 3.10. The van der Waals surface area contributed by atoms with E-state index in [0.29, 0.717) is 17.0 Å². The van der Waals surface area contributed by atoms with Gasteiger partial charge in [0.15, 0.2) is 0 Å². The van der Waals surface area contributed by atoms with Crippen molar-refractivity contribution in [2.45, 2.75) is 57.9 Å². The van der Waals surface area contributed by atoms with Gasteiger partial charge in [-0.3, -0.25) is 19.3 Å². The number of nitrogens with zero attached hydrogens (tertiary/aromatic N) is 2. The fraction of sp³-hybridized carbons (Fsp3) is 0.500. The average molecular weight is 381 g/mol. The van der Waals surface area contributed by atoms with Gasteiger partial charge in [-0.2, -0.15) is 0 Å². The van der Waals surface area contributed by atoms with Gasteiger partial charge >= 0.3 is 0 Å². The van der Waals surface area contributed by atoms with Gasteiger partial charge in [0.05, 0.1) is 5.57 Å². The lowest BCUT2D eigenvalue weighted by molar-refractivity contribution is -0.141. The Bertz CT molecular complexity index is 816. The molecule has 0 aromatic heterocycles. The van der Waals surface area contributed by atoms with Gasteiger partial charge in [0.2, 0.25) is 5.91 Å². The van der Waals surface area contributed by atoms with Crippen LogP contribution in [0.25, 0.3) is 5.57 Å². The number of likely N-dealkylation sites (tertiary alicyclic amines) is 1. The highest BCUT2D eigenvalue weighted by Gasteiger charge is 2.45. The van der Waals surface area contributed by atoms with Crippen LogP contribution >= 0.6 is 0 Å². The van der Waals surface area contributed by atoms with Gasteiger partial charge < -0.3 is 10.2 Å². The molecule has 1 saturated carbocycles. The van der Waals surface area contributed by atoms with Crippen LogP contribution in [0.2, 0.25) is 0 Å². The molecule has 0 bridgehead atoms. The maximum absolute atomic E-state index is 13.4. The number of carbonyl (C=O) groups excluding carboxylic acids is 3. The quantitative estimate of drug-likeness (QED) is 0.814. The van der Waals surface area contributed by atoms with Crippen molar-refractivity contribution in [2.24, 2.45) is 0 Å². The highest BCUT2D eigenvalue weighted by atomic mass is 16.2. The summed E-state index contributed by atoms with van der Waals surface area (Å²) in [5.74, 6) is -0.425. The molecule has 28 heavy (non-hydrogen) atoms. The molecule has 0 unspecified atom stereocenters. The summed E-state index contributed by atoms with van der Waals surface area (Å²) < 4.78 is 0. The normalized spacial score (nSPS) is 21.0. The van der Waals surface area contributed by atoms with Crippen molar-refractivity contribution in [3.05, 3.63) is 35.5 Å². The predicted octanol–water partition coefficient (Wildman–Crippen LogP) is 3.15. The minimum atomic E-state index is -0.161. The van der Waals surface area contributed by atoms with Crippen LogP contribution in [0.5, 0.6) is 0 Å². The van der Waals surface area contributed by atoms with Crippen LogP contribution in [0.3, 0.4) is 0 Å². The van der Waals surface area contributed by atoms with Crippen LogP contribution in [0.15, 0.2) is 30.0 Å². The minimum absolute atomic E-state index is 0.0162. The summed E-state index contributed by atoms with van der Waals surface area (Å²) in [4.78, 5) is 41.6. The fourth-order valence-electron chi connectivity index (χ4n) is 4.62. The highest BCUT2D eigenvalue weighted by Crippen LogP contribution is 2.37. The molecule has 0 spiro atoms. The molecular weight excluding hydrogens is 354 g/mol. The molecule has 1 aromatic carbocycles. The van der Waals surface area contributed by atoms with Crippen LogP contribution in [0, 0.1) is 0 Å². The monoisotopic (exact) mass is 381 g/mol. The highest BCUT2D eigenvalue weighted by molar-refractivity contribution is 6.35. The van der Waals surface area contributed by atoms with Crippen LogP contribution in [0.1, 0.15) is 57.4 Å². The van der Waals surface area contributed by atoms with Gasteiger partial charge in [-0.15, -0.1) is 0 Å². The molecule has 1 aliphatic carbocycles. The standard InChI is InChI=1S/C22H27N3O3/c1-15(26)23-17-11-9-16(10-12-17)19-20(24-13-5-6-14-24)22(28)25(21(19)27)18-7-3-2-4-8-18/h9-12,18H,2-8,13-14H2,1H3,(H,23,26). The van der Waals surface area contributed by atoms with Crippen molar-refractivity contribution in [2.75, 3.05) is 18.4 Å². The summed E-state index contributed by atoms with van der Waals surface area (Å²) in [6, 6.07) is 7.24. The molecule has 4 rings (SSSR count). The smallest absolute Gasteiger partial charge is 0.278 e. The number of hydrogen-bond donors (Lipinski definition) is 1. The molecule has 2 heterocycles. The van der Waals surface area contributed by atoms with Crippen LogP contribution < -0.4 is 5.32 Å². The number of anilines is 1. The third-order valence-electron chi connectivity index (χ3n) is 5.95. The van der Waals surface area contributed by atoms with Crippen LogP contribution in [0.4, 0.5) is 5.69 Å². The third kappa shape index (κ3) is 3.43. The van der Waals surface area contributed by atoms with E-state index < -0.39 is 0 Å². The van der Waals surface area contributed by atoms with Gasteiger partial charge in [0.25, 0.3) is 11.8 Å². The first-order valence-electron chi connectivity index (χ1n) is 10.3. The van der Waals surface area contributed by atoms with Gasteiger partial charge in [-0.05, 0) is 43.4 Å². The summed E-state index contributed by atoms with van der Waals surface area (Å²) in [5.41, 5.74) is 2.51. The van der Waals surface area contributed by atoms with Crippen molar-refractivity contribution in [1.82, 2.24) is 9.80 Å². The van der Waals surface area contributed by atoms with Crippen LogP contribution in [-0.2, 0) is 14.4 Å². The van der Waals surface area contributed by atoms with E-state index >= 15 is 0 Å². The van der Waals surface area contributed by atoms with E-state index in [1.54, 1.807) is 12.1 Å². The number of imide groups is 1. The molecule has 0 radical (unpaired) electrons. The molecule has 3 aliphatic rings. The SMILES string of the molecule is CC(=O)Nc1ccc(C2=C(N3CCCC3)C(=O)N(C3CCCCC3)C2=O)cc1. The predicted molar refractivity (Wildman–Crippen MR) is 107 cm³/mol. The number of rotatable bonds is 4. The second-order valence-electron chi connectivity index (χ2n) is 7.95. The molecule has 3 amide bonds. The molecule has 2 fully saturated rings. The van der Waals surface area contributed by atoms with E-state index in [4.69, 9.17) is 0 Å². The van der Waals surface area contributed by atoms with Crippen molar-refractivity contribution in [1.29, 1.82) is 0 Å². The van der Waals surface area contributed by atoms with Crippen molar-refractivity contribution in [3.63, 3.8) is 0 Å². The zero-order chi connectivity index (χ0) is 19.7. The Morgan fingerprint density at radius 1 is 0.929 bits per heavy atom.